The maximum Gasteiger partial charge on any atom is 0.320 e. The van der Waals surface area contributed by atoms with Gasteiger partial charge in [-0.1, -0.05) is 12.1 Å². The highest BCUT2D eigenvalue weighted by Gasteiger charge is 2.08. The number of carbonyl (C=O) groups is 1. The van der Waals surface area contributed by atoms with Gasteiger partial charge in [0.25, 0.3) is 0 Å². The van der Waals surface area contributed by atoms with E-state index >= 15 is 0 Å². The number of urea groups is 1. The Labute approximate surface area is 127 Å². The molecule has 22 heavy (non-hydrogen) atoms. The van der Waals surface area contributed by atoms with E-state index in [0.717, 1.165) is 0 Å². The molecule has 7 heteroatoms. The molecule has 116 valence electrons. The summed E-state index contributed by atoms with van der Waals surface area (Å²) in [4.78, 5) is 15.5. The van der Waals surface area contributed by atoms with Gasteiger partial charge in [0.1, 0.15) is 30.1 Å². The van der Waals surface area contributed by atoms with Crippen LogP contribution in [0.25, 0.3) is 0 Å². The Morgan fingerprint density at radius 2 is 2.18 bits per heavy atom. The number of aliphatic hydroxyl groups is 1. The Hall–Kier alpha value is -2.67. The van der Waals surface area contributed by atoms with Gasteiger partial charge in [0.05, 0.1) is 0 Å². The fourth-order valence-corrected chi connectivity index (χ4v) is 1.62. The van der Waals surface area contributed by atoms with Crippen LogP contribution in [0.4, 0.5) is 15.0 Å². The molecule has 6 nitrogen and oxygen atoms in total. The normalized spacial score (nSPS) is 11.5. The van der Waals surface area contributed by atoms with Gasteiger partial charge in [-0.25, -0.2) is 14.2 Å². The molecule has 0 radical (unpaired) electrons. The Bertz CT molecular complexity index is 610. The molecule has 1 aromatic carbocycles. The Morgan fingerprint density at radius 3 is 2.91 bits per heavy atom. The van der Waals surface area contributed by atoms with Gasteiger partial charge in [0.15, 0.2) is 0 Å². The molecule has 0 fully saturated rings. The van der Waals surface area contributed by atoms with E-state index in [0.29, 0.717) is 11.6 Å². The highest BCUT2D eigenvalue weighted by atomic mass is 19.1. The van der Waals surface area contributed by atoms with Crippen LogP contribution in [0, 0.1) is 5.82 Å². The number of hydrogen-bond donors (Lipinski definition) is 3. The first-order chi connectivity index (χ1) is 10.6. The monoisotopic (exact) mass is 305 g/mol. The molecule has 3 N–H and O–H groups in total. The summed E-state index contributed by atoms with van der Waals surface area (Å²) in [5.74, 6) is 0.308. The van der Waals surface area contributed by atoms with Crippen LogP contribution >= 0.6 is 0 Å². The molecule has 0 aliphatic heterocycles. The molecule has 2 rings (SSSR count). The van der Waals surface area contributed by atoms with Crippen LogP contribution in [0.15, 0.2) is 48.7 Å². The predicted octanol–water partition coefficient (Wildman–Crippen LogP) is 1.78. The SMILES string of the molecule is O=C(NCC(O)COc1cccc(F)c1)Nc1ccccn1. The smallest absolute Gasteiger partial charge is 0.320 e. The fourth-order valence-electron chi connectivity index (χ4n) is 1.62. The summed E-state index contributed by atoms with van der Waals surface area (Å²) in [7, 11) is 0. The minimum absolute atomic E-state index is 0.00597. The van der Waals surface area contributed by atoms with Gasteiger partial charge in [0, 0.05) is 18.8 Å². The van der Waals surface area contributed by atoms with Crippen molar-refractivity contribution in [3.63, 3.8) is 0 Å². The van der Waals surface area contributed by atoms with Crippen LogP contribution in [-0.4, -0.2) is 35.4 Å². The molecular formula is C15H16FN3O3. The van der Waals surface area contributed by atoms with Crippen LogP contribution in [0.3, 0.4) is 0 Å². The quantitative estimate of drug-likeness (QED) is 0.759. The van der Waals surface area contributed by atoms with Crippen molar-refractivity contribution in [1.82, 2.24) is 10.3 Å². The number of ether oxygens (including phenoxy) is 1. The number of rotatable bonds is 6. The van der Waals surface area contributed by atoms with E-state index in [1.165, 1.54) is 18.2 Å². The van der Waals surface area contributed by atoms with Crippen LogP contribution in [-0.2, 0) is 0 Å². The third kappa shape index (κ3) is 5.37. The molecule has 0 bridgehead atoms. The topological polar surface area (TPSA) is 83.5 Å². The Kier molecular flexibility index (Phi) is 5.67. The number of hydrogen-bond acceptors (Lipinski definition) is 4. The molecule has 0 spiro atoms. The van der Waals surface area contributed by atoms with Crippen molar-refractivity contribution in [2.45, 2.75) is 6.10 Å². The second-order valence-corrected chi connectivity index (χ2v) is 4.47. The largest absolute Gasteiger partial charge is 0.491 e. The molecule has 2 aromatic rings. The lowest BCUT2D eigenvalue weighted by Gasteiger charge is -2.13. The summed E-state index contributed by atoms with van der Waals surface area (Å²) in [5, 5.41) is 14.7. The maximum atomic E-state index is 12.9. The van der Waals surface area contributed by atoms with Gasteiger partial charge in [0.2, 0.25) is 0 Å². The summed E-state index contributed by atoms with van der Waals surface area (Å²) in [6.45, 7) is -0.0682. The lowest BCUT2D eigenvalue weighted by Crippen LogP contribution is -2.37. The van der Waals surface area contributed by atoms with E-state index in [4.69, 9.17) is 4.74 Å². The van der Waals surface area contributed by atoms with Crippen LogP contribution in [0.1, 0.15) is 0 Å². The third-order valence-corrected chi connectivity index (χ3v) is 2.64. The number of anilines is 1. The molecule has 0 saturated carbocycles. The van der Waals surface area contributed by atoms with Gasteiger partial charge >= 0.3 is 6.03 Å². The van der Waals surface area contributed by atoms with Crippen molar-refractivity contribution in [2.24, 2.45) is 0 Å². The standard InChI is InChI=1S/C15H16FN3O3/c16-11-4-3-5-13(8-11)22-10-12(20)9-18-15(21)19-14-6-1-2-7-17-14/h1-8,12,20H,9-10H2,(H2,17,18,19,21). The van der Waals surface area contributed by atoms with Crippen molar-refractivity contribution >= 4 is 11.8 Å². The minimum Gasteiger partial charge on any atom is -0.491 e. The highest BCUT2D eigenvalue weighted by molar-refractivity contribution is 5.88. The zero-order chi connectivity index (χ0) is 15.8. The average Bonchev–Trinajstić information content (AvgIpc) is 2.52. The van der Waals surface area contributed by atoms with Crippen molar-refractivity contribution < 1.29 is 19.0 Å². The lowest BCUT2D eigenvalue weighted by atomic mass is 10.3. The van der Waals surface area contributed by atoms with E-state index in [1.54, 1.807) is 30.5 Å². The number of benzene rings is 1. The summed E-state index contributed by atoms with van der Waals surface area (Å²) in [6, 6.07) is 10.2. The van der Waals surface area contributed by atoms with E-state index in [-0.39, 0.29) is 13.2 Å². The summed E-state index contributed by atoms with van der Waals surface area (Å²) >= 11 is 0. The van der Waals surface area contributed by atoms with Gasteiger partial charge in [-0.3, -0.25) is 5.32 Å². The van der Waals surface area contributed by atoms with Gasteiger partial charge in [-0.05, 0) is 24.3 Å². The first kappa shape index (κ1) is 15.7. The summed E-state index contributed by atoms with van der Waals surface area (Å²) in [6.07, 6.45) is 0.634. The minimum atomic E-state index is -0.919. The summed E-state index contributed by atoms with van der Waals surface area (Å²) < 4.78 is 18.2. The second-order valence-electron chi connectivity index (χ2n) is 4.47. The van der Waals surface area contributed by atoms with Gasteiger partial charge in [-0.15, -0.1) is 0 Å². The Balaban J connectivity index is 1.69. The van der Waals surface area contributed by atoms with Crippen LogP contribution in [0.5, 0.6) is 5.75 Å². The molecule has 2 amide bonds. The number of pyridine rings is 1. The molecule has 1 heterocycles. The van der Waals surface area contributed by atoms with E-state index in [1.807, 2.05) is 0 Å². The van der Waals surface area contributed by atoms with Crippen molar-refractivity contribution in [2.75, 3.05) is 18.5 Å². The molecule has 0 aliphatic rings. The fraction of sp³-hybridized carbons (Fsp3) is 0.200. The third-order valence-electron chi connectivity index (χ3n) is 2.64. The first-order valence-corrected chi connectivity index (χ1v) is 6.66. The van der Waals surface area contributed by atoms with E-state index < -0.39 is 18.0 Å². The molecular weight excluding hydrogens is 289 g/mol. The molecule has 1 unspecified atom stereocenters. The number of amides is 2. The van der Waals surface area contributed by atoms with Gasteiger partial charge in [-0.2, -0.15) is 0 Å². The Morgan fingerprint density at radius 1 is 1.32 bits per heavy atom. The number of aliphatic hydroxyl groups excluding tert-OH is 1. The maximum absolute atomic E-state index is 12.9. The average molecular weight is 305 g/mol. The first-order valence-electron chi connectivity index (χ1n) is 6.66. The number of carbonyl (C=O) groups excluding carboxylic acids is 1. The zero-order valence-electron chi connectivity index (χ0n) is 11.7. The number of halogens is 1. The second kappa shape index (κ2) is 7.94. The lowest BCUT2D eigenvalue weighted by molar-refractivity contribution is 0.108. The molecule has 1 aromatic heterocycles. The summed E-state index contributed by atoms with van der Waals surface area (Å²) in [5.41, 5.74) is 0. The van der Waals surface area contributed by atoms with E-state index in [9.17, 15) is 14.3 Å². The van der Waals surface area contributed by atoms with Crippen LogP contribution < -0.4 is 15.4 Å². The molecule has 0 saturated heterocycles. The van der Waals surface area contributed by atoms with Crippen LogP contribution in [0.2, 0.25) is 0 Å². The number of nitrogens with one attached hydrogen (secondary N) is 2. The van der Waals surface area contributed by atoms with Crippen molar-refractivity contribution in [3.05, 3.63) is 54.5 Å². The van der Waals surface area contributed by atoms with Crippen molar-refractivity contribution in [1.29, 1.82) is 0 Å². The number of nitrogens with zero attached hydrogens (tertiary/aromatic N) is 1. The zero-order valence-corrected chi connectivity index (χ0v) is 11.7. The van der Waals surface area contributed by atoms with E-state index in [2.05, 4.69) is 15.6 Å². The number of aromatic nitrogens is 1. The van der Waals surface area contributed by atoms with Crippen molar-refractivity contribution in [3.8, 4) is 5.75 Å². The highest BCUT2D eigenvalue weighted by Crippen LogP contribution is 2.11. The van der Waals surface area contributed by atoms with Gasteiger partial charge < -0.3 is 15.2 Å². The molecule has 0 aliphatic carbocycles. The molecule has 1 atom stereocenters. The predicted molar refractivity (Wildman–Crippen MR) is 79.2 cm³/mol.